The van der Waals surface area contributed by atoms with Crippen molar-refractivity contribution in [1.82, 2.24) is 0 Å². The second kappa shape index (κ2) is 8.91. The van der Waals surface area contributed by atoms with E-state index in [0.29, 0.717) is 42.5 Å². The number of fused-ring (bicyclic) bond motifs is 5. The molecule has 0 radical (unpaired) electrons. The van der Waals surface area contributed by atoms with E-state index in [-0.39, 0.29) is 5.41 Å². The van der Waals surface area contributed by atoms with Crippen LogP contribution in [0.15, 0.2) is 55.6 Å². The molecule has 4 saturated carbocycles. The molecule has 34 heavy (non-hydrogen) atoms. The number of ether oxygens (including phenoxy) is 2. The molecule has 4 fully saturated rings. The molecule has 1 N–H and O–H groups in total. The third-order valence-corrected chi connectivity index (χ3v) is 11.1. The van der Waals surface area contributed by atoms with Gasteiger partial charge in [0.15, 0.2) is 0 Å². The summed E-state index contributed by atoms with van der Waals surface area (Å²) >= 11 is 0. The molecule has 3 heteroatoms. The van der Waals surface area contributed by atoms with Gasteiger partial charge in [-0.3, -0.25) is 0 Å². The summed E-state index contributed by atoms with van der Waals surface area (Å²) in [7, 11) is 0. The molecule has 4 aliphatic rings. The van der Waals surface area contributed by atoms with Crippen LogP contribution in [0, 0.1) is 28.6 Å². The van der Waals surface area contributed by atoms with Crippen molar-refractivity contribution in [3.05, 3.63) is 61.2 Å². The van der Waals surface area contributed by atoms with Gasteiger partial charge in [0.1, 0.15) is 5.60 Å². The minimum atomic E-state index is -0.697. The third kappa shape index (κ3) is 3.33. The Balaban J connectivity index is 1.46. The van der Waals surface area contributed by atoms with Gasteiger partial charge in [0.25, 0.3) is 0 Å². The van der Waals surface area contributed by atoms with Crippen LogP contribution in [-0.2, 0) is 15.1 Å². The highest BCUT2D eigenvalue weighted by atomic mass is 16.5. The Morgan fingerprint density at radius 3 is 2.41 bits per heavy atom. The van der Waals surface area contributed by atoms with Crippen LogP contribution in [0.4, 0.5) is 0 Å². The predicted octanol–water partition coefficient (Wildman–Crippen LogP) is 6.81. The molecule has 0 spiro atoms. The average Bonchev–Trinajstić information content (AvgIpc) is 3.10. The summed E-state index contributed by atoms with van der Waals surface area (Å²) in [6, 6.07) is 10.7. The molecule has 0 heterocycles. The van der Waals surface area contributed by atoms with Crippen LogP contribution in [0.1, 0.15) is 77.2 Å². The van der Waals surface area contributed by atoms with Crippen LogP contribution in [0.2, 0.25) is 0 Å². The summed E-state index contributed by atoms with van der Waals surface area (Å²) in [5.74, 6) is 1.62. The molecule has 1 aromatic carbocycles. The molecule has 4 aliphatic carbocycles. The van der Waals surface area contributed by atoms with Crippen molar-refractivity contribution in [2.75, 3.05) is 13.2 Å². The normalized spacial score (nSPS) is 45.6. The van der Waals surface area contributed by atoms with E-state index >= 15 is 0 Å². The van der Waals surface area contributed by atoms with Crippen molar-refractivity contribution in [3.63, 3.8) is 0 Å². The Morgan fingerprint density at radius 2 is 1.68 bits per heavy atom. The molecule has 8 atom stereocenters. The first-order valence-electron chi connectivity index (χ1n) is 13.6. The van der Waals surface area contributed by atoms with Crippen LogP contribution in [0.5, 0.6) is 0 Å². The maximum atomic E-state index is 12.7. The lowest BCUT2D eigenvalue weighted by Gasteiger charge is -2.64. The lowest BCUT2D eigenvalue weighted by molar-refractivity contribution is -0.247. The minimum Gasteiger partial charge on any atom is -0.389 e. The van der Waals surface area contributed by atoms with E-state index in [4.69, 9.17) is 9.47 Å². The van der Waals surface area contributed by atoms with E-state index in [1.165, 1.54) is 31.2 Å². The Bertz CT molecular complexity index is 897. The molecular weight excluding hydrogens is 420 g/mol. The van der Waals surface area contributed by atoms with E-state index in [1.54, 1.807) is 0 Å². The van der Waals surface area contributed by atoms with Gasteiger partial charge in [-0.15, -0.1) is 13.2 Å². The third-order valence-electron chi connectivity index (χ3n) is 11.1. The van der Waals surface area contributed by atoms with E-state index in [0.717, 1.165) is 32.1 Å². The van der Waals surface area contributed by atoms with Gasteiger partial charge in [-0.25, -0.2) is 0 Å². The van der Waals surface area contributed by atoms with Gasteiger partial charge in [-0.2, -0.15) is 0 Å². The number of rotatable bonds is 7. The SMILES string of the molecule is C=CCOC1CC[C@@]2(C)C(CC[C@@H]3[C@H]2CC[C@]2(C)C(OCC=C)(c4ccccc4)CC[C@@]32O)C1. The molecule has 5 rings (SSSR count). The fourth-order valence-electron chi connectivity index (χ4n) is 9.23. The quantitative estimate of drug-likeness (QED) is 0.450. The van der Waals surface area contributed by atoms with E-state index < -0.39 is 11.2 Å². The lowest BCUT2D eigenvalue weighted by atomic mass is 9.42. The maximum absolute atomic E-state index is 12.7. The molecule has 0 amide bonds. The zero-order valence-electron chi connectivity index (χ0n) is 21.3. The summed E-state index contributed by atoms with van der Waals surface area (Å²) in [5, 5.41) is 12.7. The first-order valence-corrected chi connectivity index (χ1v) is 13.6. The van der Waals surface area contributed by atoms with Crippen LogP contribution in [0.25, 0.3) is 0 Å². The second-order valence-electron chi connectivity index (χ2n) is 12.1. The molecule has 3 nitrogen and oxygen atoms in total. The molecule has 0 bridgehead atoms. The number of hydrogen-bond donors (Lipinski definition) is 1. The first kappa shape index (κ1) is 24.3. The van der Waals surface area contributed by atoms with E-state index in [2.05, 4.69) is 57.3 Å². The molecule has 3 unspecified atom stereocenters. The van der Waals surface area contributed by atoms with Gasteiger partial charge in [0.2, 0.25) is 0 Å². The van der Waals surface area contributed by atoms with Gasteiger partial charge in [0, 0.05) is 5.41 Å². The van der Waals surface area contributed by atoms with Crippen LogP contribution < -0.4 is 0 Å². The molecule has 1 aromatic rings. The molecule has 186 valence electrons. The standard InChI is InChI=1S/C31H44O3/c1-5-20-33-25-14-16-28(3)24(22-25)12-13-27-26(28)15-17-29(4)30(27,32)18-19-31(29,34-21-6-2)23-10-8-7-9-11-23/h5-11,24-27,32H,1-2,12-22H2,3-4H3/t24?,25?,26-,27-,28+,29+,30-,31?/m1/s1. The summed E-state index contributed by atoms with van der Waals surface area (Å²) < 4.78 is 12.8. The fraction of sp³-hybridized carbons (Fsp3) is 0.677. The van der Waals surface area contributed by atoms with Gasteiger partial charge >= 0.3 is 0 Å². The van der Waals surface area contributed by atoms with Crippen LogP contribution in [-0.4, -0.2) is 30.0 Å². The first-order chi connectivity index (χ1) is 16.3. The van der Waals surface area contributed by atoms with Crippen molar-refractivity contribution < 1.29 is 14.6 Å². The minimum absolute atomic E-state index is 0.300. The van der Waals surface area contributed by atoms with Crippen molar-refractivity contribution >= 4 is 0 Å². The number of hydrogen-bond acceptors (Lipinski definition) is 3. The van der Waals surface area contributed by atoms with Gasteiger partial charge < -0.3 is 14.6 Å². The smallest absolute Gasteiger partial charge is 0.102 e. The highest BCUT2D eigenvalue weighted by Gasteiger charge is 2.72. The second-order valence-corrected chi connectivity index (χ2v) is 12.1. The summed E-state index contributed by atoms with van der Waals surface area (Å²) in [4.78, 5) is 0. The Kier molecular flexibility index (Phi) is 6.36. The molecule has 0 aromatic heterocycles. The van der Waals surface area contributed by atoms with Crippen LogP contribution in [0.3, 0.4) is 0 Å². The Labute approximate surface area is 206 Å². The monoisotopic (exact) mass is 464 g/mol. The van der Waals surface area contributed by atoms with Crippen molar-refractivity contribution in [2.45, 2.75) is 88.9 Å². The topological polar surface area (TPSA) is 38.7 Å². The highest BCUT2D eigenvalue weighted by molar-refractivity contribution is 5.33. The Morgan fingerprint density at radius 1 is 0.912 bits per heavy atom. The van der Waals surface area contributed by atoms with E-state index in [9.17, 15) is 5.11 Å². The highest BCUT2D eigenvalue weighted by Crippen LogP contribution is 2.72. The molecule has 0 saturated heterocycles. The van der Waals surface area contributed by atoms with Gasteiger partial charge in [-0.1, -0.05) is 56.3 Å². The number of aliphatic hydroxyl groups is 1. The largest absolute Gasteiger partial charge is 0.389 e. The fourth-order valence-corrected chi connectivity index (χ4v) is 9.23. The van der Waals surface area contributed by atoms with Gasteiger partial charge in [0.05, 0.1) is 24.9 Å². The van der Waals surface area contributed by atoms with Crippen LogP contribution >= 0.6 is 0 Å². The summed E-state index contributed by atoms with van der Waals surface area (Å²) in [5.41, 5.74) is 0.0497. The zero-order valence-corrected chi connectivity index (χ0v) is 21.3. The zero-order chi connectivity index (χ0) is 24.0. The lowest BCUT2D eigenvalue weighted by Crippen LogP contribution is -2.65. The van der Waals surface area contributed by atoms with Gasteiger partial charge in [-0.05, 0) is 86.5 Å². The van der Waals surface area contributed by atoms with Crippen molar-refractivity contribution in [1.29, 1.82) is 0 Å². The van der Waals surface area contributed by atoms with Crippen molar-refractivity contribution in [2.24, 2.45) is 28.6 Å². The summed E-state index contributed by atoms with van der Waals surface area (Å²) in [6.07, 6.45) is 13.8. The predicted molar refractivity (Wildman–Crippen MR) is 137 cm³/mol. The summed E-state index contributed by atoms with van der Waals surface area (Å²) in [6.45, 7) is 13.8. The number of benzene rings is 1. The average molecular weight is 465 g/mol. The Hall–Kier alpha value is -1.42. The molecular formula is C31H44O3. The van der Waals surface area contributed by atoms with E-state index in [1.807, 2.05) is 12.2 Å². The van der Waals surface area contributed by atoms with Crippen molar-refractivity contribution in [3.8, 4) is 0 Å². The molecule has 0 aliphatic heterocycles. The maximum Gasteiger partial charge on any atom is 0.102 e.